The Morgan fingerprint density at radius 2 is 2.13 bits per heavy atom. The van der Waals surface area contributed by atoms with Crippen LogP contribution in [0.4, 0.5) is 0 Å². The summed E-state index contributed by atoms with van der Waals surface area (Å²) in [6.45, 7) is 4.04. The number of amides is 1. The van der Waals surface area contributed by atoms with Gasteiger partial charge in [0, 0.05) is 5.75 Å². The number of carbonyl (C=O) groups is 2. The summed E-state index contributed by atoms with van der Waals surface area (Å²) in [5.74, 6) is 0.650. The first kappa shape index (κ1) is 15.9. The third-order valence-electron chi connectivity index (χ3n) is 3.99. The molecule has 1 aromatic carbocycles. The molecule has 2 saturated heterocycles. The molecule has 3 atom stereocenters. The fourth-order valence-electron chi connectivity index (χ4n) is 2.67. The number of carbonyl (C=O) groups excluding carboxylic acids is 2. The van der Waals surface area contributed by atoms with Gasteiger partial charge in [-0.05, 0) is 23.3 Å². The Morgan fingerprint density at radius 3 is 2.78 bits per heavy atom. The molecule has 122 valence electrons. The van der Waals surface area contributed by atoms with Crippen molar-refractivity contribution >= 4 is 23.6 Å². The summed E-state index contributed by atoms with van der Waals surface area (Å²) in [5, 5.41) is -0.161. The predicted octanol–water partition coefficient (Wildman–Crippen LogP) is 0.906. The van der Waals surface area contributed by atoms with Crippen LogP contribution < -0.4 is 10.5 Å². The zero-order valence-corrected chi connectivity index (χ0v) is 13.5. The van der Waals surface area contributed by atoms with Crippen molar-refractivity contribution in [3.05, 3.63) is 42.0 Å². The first-order chi connectivity index (χ1) is 11.0. The Balaban J connectivity index is 1.64. The van der Waals surface area contributed by atoms with Gasteiger partial charge in [-0.15, -0.1) is 11.8 Å². The molecule has 1 amide bonds. The summed E-state index contributed by atoms with van der Waals surface area (Å²) in [6, 6.07) is 5.98. The molecule has 2 aliphatic rings. The minimum absolute atomic E-state index is 0.137. The molecule has 6 nitrogen and oxygen atoms in total. The zero-order chi connectivity index (χ0) is 16.6. The van der Waals surface area contributed by atoms with E-state index in [0.717, 1.165) is 11.3 Å². The number of methoxy groups -OCH3 is 1. The van der Waals surface area contributed by atoms with Crippen LogP contribution in [0.5, 0.6) is 5.75 Å². The minimum Gasteiger partial charge on any atom is -0.497 e. The van der Waals surface area contributed by atoms with Crippen molar-refractivity contribution in [2.24, 2.45) is 5.73 Å². The second-order valence-electron chi connectivity index (χ2n) is 5.49. The number of rotatable bonds is 4. The third kappa shape index (κ3) is 2.82. The first-order valence-corrected chi connectivity index (χ1v) is 8.24. The van der Waals surface area contributed by atoms with E-state index >= 15 is 0 Å². The van der Waals surface area contributed by atoms with Crippen LogP contribution in [0.15, 0.2) is 36.4 Å². The van der Waals surface area contributed by atoms with E-state index in [1.165, 1.54) is 16.7 Å². The smallest absolute Gasteiger partial charge is 0.333 e. The number of fused-ring (bicyclic) bond motifs is 1. The molecule has 23 heavy (non-hydrogen) atoms. The van der Waals surface area contributed by atoms with Crippen molar-refractivity contribution in [1.29, 1.82) is 0 Å². The van der Waals surface area contributed by atoms with Crippen molar-refractivity contribution in [1.82, 2.24) is 4.90 Å². The van der Waals surface area contributed by atoms with Crippen LogP contribution in [0, 0.1) is 0 Å². The largest absolute Gasteiger partial charge is 0.497 e. The van der Waals surface area contributed by atoms with Crippen LogP contribution in [0.3, 0.4) is 0 Å². The van der Waals surface area contributed by atoms with Gasteiger partial charge in [-0.3, -0.25) is 4.79 Å². The lowest BCUT2D eigenvalue weighted by atomic mass is 9.99. The van der Waals surface area contributed by atoms with Gasteiger partial charge < -0.3 is 20.1 Å². The number of ether oxygens (including phenoxy) is 2. The Kier molecular flexibility index (Phi) is 4.32. The summed E-state index contributed by atoms with van der Waals surface area (Å²) in [6.07, 6.45) is 0. The van der Waals surface area contributed by atoms with E-state index in [9.17, 15) is 9.59 Å². The van der Waals surface area contributed by atoms with Gasteiger partial charge in [0.15, 0.2) is 6.04 Å². The quantitative estimate of drug-likeness (QED) is 0.501. The number of hydrogen-bond donors (Lipinski definition) is 1. The monoisotopic (exact) mass is 334 g/mol. The molecule has 0 radical (unpaired) electrons. The van der Waals surface area contributed by atoms with Crippen LogP contribution in [-0.4, -0.2) is 47.1 Å². The molecule has 1 unspecified atom stereocenters. The molecule has 7 heteroatoms. The fraction of sp³-hybridized carbons (Fsp3) is 0.375. The minimum atomic E-state index is -0.730. The van der Waals surface area contributed by atoms with Crippen LogP contribution in [0.25, 0.3) is 0 Å². The molecule has 0 aliphatic carbocycles. The van der Waals surface area contributed by atoms with E-state index in [0.29, 0.717) is 11.3 Å². The van der Waals surface area contributed by atoms with Crippen molar-refractivity contribution in [2.45, 2.75) is 24.1 Å². The maximum Gasteiger partial charge on any atom is 0.333 e. The lowest BCUT2D eigenvalue weighted by Crippen LogP contribution is -2.73. The molecule has 2 aliphatic heterocycles. The van der Waals surface area contributed by atoms with E-state index in [-0.39, 0.29) is 17.9 Å². The highest BCUT2D eigenvalue weighted by Gasteiger charge is 2.54. The van der Waals surface area contributed by atoms with Crippen LogP contribution in [0.1, 0.15) is 5.56 Å². The standard InChI is InChI=1S/C16H18N2O4S/c1-9-8-23-15-12(17)14(19)18(15)13(9)16(20)22-7-10-3-5-11(21-2)6-4-10/h3-6,12-13,15H,1,7-8,17H2,2H3/t12-,13?,15+/m1/s1. The van der Waals surface area contributed by atoms with Gasteiger partial charge in [-0.25, -0.2) is 4.79 Å². The molecule has 3 rings (SSSR count). The molecular formula is C16H18N2O4S. The van der Waals surface area contributed by atoms with Crippen molar-refractivity contribution in [3.8, 4) is 5.75 Å². The average molecular weight is 334 g/mol. The summed E-state index contributed by atoms with van der Waals surface area (Å²) in [4.78, 5) is 25.8. The second-order valence-corrected chi connectivity index (χ2v) is 6.59. The molecule has 2 fully saturated rings. The summed E-state index contributed by atoms with van der Waals surface area (Å²) in [5.41, 5.74) is 7.29. The molecule has 0 aromatic heterocycles. The number of nitrogens with zero attached hydrogens (tertiary/aromatic N) is 1. The van der Waals surface area contributed by atoms with Gasteiger partial charge in [-0.1, -0.05) is 18.7 Å². The van der Waals surface area contributed by atoms with Gasteiger partial charge >= 0.3 is 5.97 Å². The lowest BCUT2D eigenvalue weighted by Gasteiger charge is -2.51. The molecule has 2 N–H and O–H groups in total. The molecular weight excluding hydrogens is 316 g/mol. The molecule has 0 spiro atoms. The number of thioether (sulfide) groups is 1. The zero-order valence-electron chi connectivity index (χ0n) is 12.7. The molecule has 1 aromatic rings. The predicted molar refractivity (Wildman–Crippen MR) is 86.8 cm³/mol. The molecule has 0 saturated carbocycles. The Hall–Kier alpha value is -1.99. The Bertz CT molecular complexity index is 646. The number of esters is 1. The van der Waals surface area contributed by atoms with E-state index < -0.39 is 18.1 Å². The highest BCUT2D eigenvalue weighted by atomic mass is 32.2. The molecule has 0 bridgehead atoms. The topological polar surface area (TPSA) is 81.9 Å². The Morgan fingerprint density at radius 1 is 1.43 bits per heavy atom. The number of benzene rings is 1. The Labute approximate surface area is 138 Å². The normalized spacial score (nSPS) is 26.3. The first-order valence-electron chi connectivity index (χ1n) is 7.19. The maximum absolute atomic E-state index is 12.4. The SMILES string of the molecule is C=C1CS[C@H]2[C@H](N)C(=O)N2C1C(=O)OCc1ccc(OC)cc1. The highest BCUT2D eigenvalue weighted by molar-refractivity contribution is 8.00. The van der Waals surface area contributed by atoms with Crippen molar-refractivity contribution in [3.63, 3.8) is 0 Å². The van der Waals surface area contributed by atoms with Crippen LogP contribution in [-0.2, 0) is 20.9 Å². The summed E-state index contributed by atoms with van der Waals surface area (Å²) < 4.78 is 10.4. The third-order valence-corrected chi connectivity index (χ3v) is 5.39. The van der Waals surface area contributed by atoms with Crippen LogP contribution >= 0.6 is 11.8 Å². The van der Waals surface area contributed by atoms with Crippen LogP contribution in [0.2, 0.25) is 0 Å². The second kappa shape index (κ2) is 6.25. The van der Waals surface area contributed by atoms with E-state index in [2.05, 4.69) is 6.58 Å². The van der Waals surface area contributed by atoms with E-state index in [4.69, 9.17) is 15.2 Å². The van der Waals surface area contributed by atoms with Gasteiger partial charge in [0.25, 0.3) is 0 Å². The van der Waals surface area contributed by atoms with Gasteiger partial charge in [0.05, 0.1) is 7.11 Å². The number of nitrogens with two attached hydrogens (primary N) is 1. The summed E-state index contributed by atoms with van der Waals surface area (Å²) >= 11 is 1.53. The van der Waals surface area contributed by atoms with E-state index in [1.807, 2.05) is 12.1 Å². The lowest BCUT2D eigenvalue weighted by molar-refractivity contribution is -0.162. The van der Waals surface area contributed by atoms with Gasteiger partial charge in [-0.2, -0.15) is 0 Å². The van der Waals surface area contributed by atoms with Crippen molar-refractivity contribution < 1.29 is 19.1 Å². The fourth-order valence-corrected chi connectivity index (χ4v) is 3.92. The maximum atomic E-state index is 12.4. The highest BCUT2D eigenvalue weighted by Crippen LogP contribution is 2.39. The number of β-lactam (4-membered cyclic amide) rings is 1. The average Bonchev–Trinajstić information content (AvgIpc) is 2.59. The van der Waals surface area contributed by atoms with E-state index in [1.54, 1.807) is 19.2 Å². The van der Waals surface area contributed by atoms with Crippen molar-refractivity contribution in [2.75, 3.05) is 12.9 Å². The molecule has 2 heterocycles. The summed E-state index contributed by atoms with van der Waals surface area (Å²) in [7, 11) is 1.59. The number of hydrogen-bond acceptors (Lipinski definition) is 6. The van der Waals surface area contributed by atoms with Gasteiger partial charge in [0.1, 0.15) is 23.8 Å². The van der Waals surface area contributed by atoms with Gasteiger partial charge in [0.2, 0.25) is 5.91 Å².